The predicted octanol–water partition coefficient (Wildman–Crippen LogP) is 1.52. The third kappa shape index (κ3) is 1.51. The molecule has 0 bridgehead atoms. The van der Waals surface area contributed by atoms with Crippen molar-refractivity contribution in [3.05, 3.63) is 36.5 Å². The number of fused-ring (bicyclic) bond motifs is 1. The monoisotopic (exact) mass is 176 g/mol. The van der Waals surface area contributed by atoms with Crippen LogP contribution in [0.2, 0.25) is 0 Å². The van der Waals surface area contributed by atoms with Crippen molar-refractivity contribution in [2.75, 3.05) is 5.43 Å². The lowest BCUT2D eigenvalue weighted by Crippen LogP contribution is -2.23. The van der Waals surface area contributed by atoms with Crippen molar-refractivity contribution >= 4 is 10.9 Å². The van der Waals surface area contributed by atoms with Crippen molar-refractivity contribution in [1.29, 1.82) is 0 Å². The molecule has 1 atom stereocenters. The van der Waals surface area contributed by atoms with Gasteiger partial charge >= 0.3 is 0 Å². The molecule has 3 heteroatoms. The van der Waals surface area contributed by atoms with E-state index in [1.165, 1.54) is 0 Å². The van der Waals surface area contributed by atoms with Crippen LogP contribution in [-0.2, 0) is 0 Å². The zero-order valence-corrected chi connectivity index (χ0v) is 7.44. The number of aliphatic hydroxyl groups excluding tert-OH is 1. The molecule has 2 N–H and O–H groups in total. The van der Waals surface area contributed by atoms with Crippen molar-refractivity contribution in [3.63, 3.8) is 0 Å². The fourth-order valence-corrected chi connectivity index (χ4v) is 1.40. The predicted molar refractivity (Wildman–Crippen MR) is 53.0 cm³/mol. The Morgan fingerprint density at radius 1 is 1.31 bits per heavy atom. The lowest BCUT2D eigenvalue weighted by molar-refractivity contribution is 0.209. The first-order chi connectivity index (χ1) is 6.27. The van der Waals surface area contributed by atoms with Crippen LogP contribution in [0.4, 0.5) is 0 Å². The summed E-state index contributed by atoms with van der Waals surface area (Å²) in [6.45, 7) is 1.69. The maximum atomic E-state index is 9.15. The van der Waals surface area contributed by atoms with Crippen LogP contribution in [0.3, 0.4) is 0 Å². The Morgan fingerprint density at radius 2 is 2.08 bits per heavy atom. The van der Waals surface area contributed by atoms with E-state index < -0.39 is 6.23 Å². The molecule has 2 rings (SSSR count). The van der Waals surface area contributed by atoms with Crippen LogP contribution in [-0.4, -0.2) is 16.0 Å². The Hall–Kier alpha value is -1.48. The van der Waals surface area contributed by atoms with Gasteiger partial charge in [0.1, 0.15) is 6.23 Å². The van der Waals surface area contributed by atoms with E-state index in [-0.39, 0.29) is 0 Å². The van der Waals surface area contributed by atoms with Crippen LogP contribution in [0, 0.1) is 0 Å². The summed E-state index contributed by atoms with van der Waals surface area (Å²) < 4.78 is 1.82. The Bertz CT molecular complexity index is 406. The van der Waals surface area contributed by atoms with E-state index in [4.69, 9.17) is 5.11 Å². The van der Waals surface area contributed by atoms with E-state index in [0.717, 1.165) is 10.9 Å². The van der Waals surface area contributed by atoms with Gasteiger partial charge in [0, 0.05) is 11.6 Å². The number of nitrogens with zero attached hydrogens (tertiary/aromatic N) is 1. The highest BCUT2D eigenvalue weighted by atomic mass is 16.3. The summed E-state index contributed by atoms with van der Waals surface area (Å²) in [5.41, 5.74) is 3.97. The van der Waals surface area contributed by atoms with Gasteiger partial charge in [-0.2, -0.15) is 0 Å². The van der Waals surface area contributed by atoms with Gasteiger partial charge in [0.25, 0.3) is 0 Å². The number of hydrogen-bond acceptors (Lipinski definition) is 2. The Kier molecular flexibility index (Phi) is 1.94. The number of hydrogen-bond donors (Lipinski definition) is 2. The first kappa shape index (κ1) is 8.13. The van der Waals surface area contributed by atoms with E-state index in [2.05, 4.69) is 5.43 Å². The summed E-state index contributed by atoms with van der Waals surface area (Å²) in [5.74, 6) is 0. The van der Waals surface area contributed by atoms with Crippen LogP contribution >= 0.6 is 0 Å². The first-order valence-corrected chi connectivity index (χ1v) is 4.28. The zero-order chi connectivity index (χ0) is 9.26. The van der Waals surface area contributed by atoms with Gasteiger partial charge < -0.3 is 5.11 Å². The number of nitrogens with one attached hydrogen (secondary N) is 1. The zero-order valence-electron chi connectivity index (χ0n) is 7.44. The standard InChI is InChI=1S/C10H12N2O/c1-8(13)11-12-7-6-9-4-2-3-5-10(9)12/h2-8,11,13H,1H3. The topological polar surface area (TPSA) is 37.2 Å². The minimum Gasteiger partial charge on any atom is -0.373 e. The van der Waals surface area contributed by atoms with Crippen molar-refractivity contribution in [3.8, 4) is 0 Å². The van der Waals surface area contributed by atoms with Gasteiger partial charge in [0.05, 0.1) is 5.52 Å². The quantitative estimate of drug-likeness (QED) is 0.681. The van der Waals surface area contributed by atoms with E-state index in [1.807, 2.05) is 41.2 Å². The molecule has 0 aliphatic carbocycles. The van der Waals surface area contributed by atoms with E-state index in [9.17, 15) is 0 Å². The summed E-state index contributed by atoms with van der Waals surface area (Å²) in [5, 5.41) is 10.3. The summed E-state index contributed by atoms with van der Waals surface area (Å²) in [6.07, 6.45) is 1.35. The van der Waals surface area contributed by atoms with Gasteiger partial charge in [0.2, 0.25) is 0 Å². The summed E-state index contributed by atoms with van der Waals surface area (Å²) in [7, 11) is 0. The van der Waals surface area contributed by atoms with Gasteiger partial charge in [0.15, 0.2) is 0 Å². The molecule has 1 aromatic carbocycles. The van der Waals surface area contributed by atoms with E-state index in [0.29, 0.717) is 0 Å². The van der Waals surface area contributed by atoms with Gasteiger partial charge in [-0.05, 0) is 19.1 Å². The van der Waals surface area contributed by atoms with Crippen molar-refractivity contribution in [2.24, 2.45) is 0 Å². The van der Waals surface area contributed by atoms with Gasteiger partial charge in [-0.1, -0.05) is 18.2 Å². The van der Waals surface area contributed by atoms with Crippen LogP contribution in [0.15, 0.2) is 36.5 Å². The van der Waals surface area contributed by atoms with Crippen LogP contribution < -0.4 is 5.43 Å². The fourth-order valence-electron chi connectivity index (χ4n) is 1.40. The van der Waals surface area contributed by atoms with Crippen molar-refractivity contribution < 1.29 is 5.11 Å². The lowest BCUT2D eigenvalue weighted by Gasteiger charge is -2.11. The Morgan fingerprint density at radius 3 is 2.85 bits per heavy atom. The number of rotatable bonds is 2. The highest BCUT2D eigenvalue weighted by molar-refractivity contribution is 5.80. The van der Waals surface area contributed by atoms with Crippen LogP contribution in [0.5, 0.6) is 0 Å². The molecule has 0 aliphatic rings. The fraction of sp³-hybridized carbons (Fsp3) is 0.200. The molecule has 0 aliphatic heterocycles. The van der Waals surface area contributed by atoms with Crippen molar-refractivity contribution in [1.82, 2.24) is 4.68 Å². The smallest absolute Gasteiger partial charge is 0.135 e. The Labute approximate surface area is 76.6 Å². The molecule has 0 amide bonds. The molecule has 0 saturated heterocycles. The molecule has 1 heterocycles. The maximum Gasteiger partial charge on any atom is 0.135 e. The first-order valence-electron chi connectivity index (χ1n) is 4.28. The molecule has 3 nitrogen and oxygen atoms in total. The van der Waals surface area contributed by atoms with E-state index in [1.54, 1.807) is 6.92 Å². The molecule has 1 aromatic heterocycles. The molecule has 13 heavy (non-hydrogen) atoms. The minimum absolute atomic E-state index is 0.546. The second kappa shape index (κ2) is 3.11. The third-order valence-electron chi connectivity index (χ3n) is 1.93. The van der Waals surface area contributed by atoms with Crippen LogP contribution in [0.1, 0.15) is 6.92 Å². The van der Waals surface area contributed by atoms with Gasteiger partial charge in [-0.15, -0.1) is 0 Å². The second-order valence-corrected chi connectivity index (χ2v) is 3.05. The van der Waals surface area contributed by atoms with Gasteiger partial charge in [-0.25, -0.2) is 0 Å². The molecule has 2 aromatic rings. The summed E-state index contributed by atoms with van der Waals surface area (Å²) in [4.78, 5) is 0. The number of benzene rings is 1. The molecule has 0 fully saturated rings. The largest absolute Gasteiger partial charge is 0.373 e. The van der Waals surface area contributed by atoms with E-state index >= 15 is 0 Å². The number of para-hydroxylation sites is 1. The molecule has 0 spiro atoms. The molecular weight excluding hydrogens is 164 g/mol. The highest BCUT2D eigenvalue weighted by Gasteiger charge is 1.99. The molecule has 1 unspecified atom stereocenters. The molecule has 0 saturated carbocycles. The average molecular weight is 176 g/mol. The van der Waals surface area contributed by atoms with Gasteiger partial charge in [-0.3, -0.25) is 10.1 Å². The third-order valence-corrected chi connectivity index (χ3v) is 1.93. The second-order valence-electron chi connectivity index (χ2n) is 3.05. The molecule has 0 radical (unpaired) electrons. The number of aliphatic hydroxyl groups is 1. The van der Waals surface area contributed by atoms with Crippen LogP contribution in [0.25, 0.3) is 10.9 Å². The molecule has 68 valence electrons. The summed E-state index contributed by atoms with van der Waals surface area (Å²) >= 11 is 0. The molecular formula is C10H12N2O. The van der Waals surface area contributed by atoms with Crippen molar-refractivity contribution in [2.45, 2.75) is 13.2 Å². The number of aromatic nitrogens is 1. The Balaban J connectivity index is 2.46. The lowest BCUT2D eigenvalue weighted by atomic mass is 10.3. The minimum atomic E-state index is -0.546. The summed E-state index contributed by atoms with van der Waals surface area (Å²) in [6, 6.07) is 10.0. The average Bonchev–Trinajstić information content (AvgIpc) is 2.48. The SMILES string of the molecule is CC(O)Nn1ccc2ccccc21. The normalized spacial score (nSPS) is 13.1. The highest BCUT2D eigenvalue weighted by Crippen LogP contribution is 2.13. The maximum absolute atomic E-state index is 9.15.